The second-order valence-electron chi connectivity index (χ2n) is 1.35. The summed E-state index contributed by atoms with van der Waals surface area (Å²) in [6.45, 7) is 0. The van der Waals surface area contributed by atoms with Crippen molar-refractivity contribution in [3.63, 3.8) is 0 Å². The van der Waals surface area contributed by atoms with Crippen LogP contribution in [-0.4, -0.2) is 22.6 Å². The Morgan fingerprint density at radius 3 is 2.25 bits per heavy atom. The van der Waals surface area contributed by atoms with E-state index in [-0.39, 0.29) is 0 Å². The summed E-state index contributed by atoms with van der Waals surface area (Å²) >= 11 is 3.42. The highest BCUT2D eigenvalue weighted by Crippen LogP contribution is 1.97. The quantitative estimate of drug-likeness (QED) is 0.339. The molecule has 0 aromatic carbocycles. The van der Waals surface area contributed by atoms with Crippen LogP contribution in [0.2, 0.25) is 0 Å². The predicted molar refractivity (Wildman–Crippen MR) is 29.1 cm³/mol. The number of aliphatic carboxylic acids is 1. The summed E-state index contributed by atoms with van der Waals surface area (Å²) in [6, 6.07) is 0. The Kier molecular flexibility index (Phi) is 2.26. The Morgan fingerprint density at radius 2 is 2.25 bits per heavy atom. The fourth-order valence-corrected chi connectivity index (χ4v) is 0.203. The molecule has 5 heteroatoms. The molecule has 0 unspecified atom stereocenters. The third kappa shape index (κ3) is 1.69. The third-order valence-electron chi connectivity index (χ3n) is 0.597. The van der Waals surface area contributed by atoms with E-state index in [0.29, 0.717) is 0 Å². The summed E-state index contributed by atoms with van der Waals surface area (Å²) in [5, 5.41) is 18.2. The van der Waals surface area contributed by atoms with Crippen LogP contribution in [0.4, 0.5) is 0 Å². The molecule has 0 saturated heterocycles. The molecule has 0 aliphatic heterocycles. The van der Waals surface area contributed by atoms with E-state index in [0.717, 1.165) is 0 Å². The normalized spacial score (nSPS) is 17.4. The van der Waals surface area contributed by atoms with Gasteiger partial charge in [-0.1, -0.05) is 0 Å². The van der Waals surface area contributed by atoms with E-state index in [1.54, 1.807) is 0 Å². The second kappa shape index (κ2) is 2.34. The van der Waals surface area contributed by atoms with Crippen LogP contribution in [0, 0.1) is 0 Å². The van der Waals surface area contributed by atoms with Crippen molar-refractivity contribution < 1.29 is 15.0 Å². The van der Waals surface area contributed by atoms with Gasteiger partial charge in [0, 0.05) is 5.75 Å². The van der Waals surface area contributed by atoms with E-state index in [1.807, 2.05) is 0 Å². The number of rotatable bonds is 2. The van der Waals surface area contributed by atoms with Crippen molar-refractivity contribution in [2.24, 2.45) is 5.73 Å². The van der Waals surface area contributed by atoms with Crippen molar-refractivity contribution in [1.29, 1.82) is 0 Å². The Labute approximate surface area is 51.7 Å². The lowest BCUT2D eigenvalue weighted by molar-refractivity contribution is -0.161. The SMILES string of the molecule is N[C@@]([O])(CS)C(=O)O. The van der Waals surface area contributed by atoms with Crippen molar-refractivity contribution in [3.05, 3.63) is 0 Å². The summed E-state index contributed by atoms with van der Waals surface area (Å²) < 4.78 is 0. The zero-order valence-corrected chi connectivity index (χ0v) is 4.89. The largest absolute Gasteiger partial charge is 0.478 e. The maximum absolute atomic E-state index is 10.3. The molecule has 0 rings (SSSR count). The van der Waals surface area contributed by atoms with Gasteiger partial charge in [0.05, 0.1) is 0 Å². The molecule has 0 aromatic rings. The van der Waals surface area contributed by atoms with E-state index >= 15 is 0 Å². The third-order valence-corrected chi connectivity index (χ3v) is 1.07. The maximum Gasteiger partial charge on any atom is 0.355 e. The molecular weight excluding hydrogens is 130 g/mol. The van der Waals surface area contributed by atoms with E-state index in [9.17, 15) is 9.90 Å². The summed E-state index contributed by atoms with van der Waals surface area (Å²) in [4.78, 5) is 9.77. The van der Waals surface area contributed by atoms with Gasteiger partial charge in [-0.2, -0.15) is 17.7 Å². The van der Waals surface area contributed by atoms with Gasteiger partial charge in [-0.3, -0.25) is 5.73 Å². The Morgan fingerprint density at radius 1 is 1.88 bits per heavy atom. The van der Waals surface area contributed by atoms with Crippen LogP contribution < -0.4 is 5.73 Å². The van der Waals surface area contributed by atoms with E-state index in [1.165, 1.54) is 0 Å². The molecule has 0 heterocycles. The first-order chi connectivity index (χ1) is 3.50. The summed E-state index contributed by atoms with van der Waals surface area (Å²) in [7, 11) is 0. The molecule has 0 aromatic heterocycles. The molecule has 0 amide bonds. The number of carboxylic acids is 1. The van der Waals surface area contributed by atoms with Crippen LogP contribution in [0.3, 0.4) is 0 Å². The molecule has 1 atom stereocenters. The standard InChI is InChI=1S/C3H6NO3S/c4-3(7,1-8)2(5)6/h8H,1,4H2,(H,5,6)/t3-/m1/s1. The van der Waals surface area contributed by atoms with Crippen LogP contribution in [0.5, 0.6) is 0 Å². The number of nitrogens with two attached hydrogens (primary N) is 1. The number of hydrogen-bond acceptors (Lipinski definition) is 3. The van der Waals surface area contributed by atoms with Crippen LogP contribution in [0.1, 0.15) is 0 Å². The minimum atomic E-state index is -2.43. The zero-order chi connectivity index (χ0) is 6.78. The second-order valence-corrected chi connectivity index (χ2v) is 1.67. The minimum absolute atomic E-state index is 0.400. The van der Waals surface area contributed by atoms with Crippen LogP contribution in [-0.2, 0) is 9.90 Å². The monoisotopic (exact) mass is 136 g/mol. The van der Waals surface area contributed by atoms with E-state index in [2.05, 4.69) is 18.4 Å². The van der Waals surface area contributed by atoms with Gasteiger partial charge < -0.3 is 5.11 Å². The molecule has 3 N–H and O–H groups in total. The van der Waals surface area contributed by atoms with Gasteiger partial charge in [-0.15, -0.1) is 0 Å². The Balaban J connectivity index is 3.91. The molecular formula is C3H6NO3S. The molecule has 4 nitrogen and oxygen atoms in total. The molecule has 0 saturated carbocycles. The number of carbonyl (C=O) groups is 1. The van der Waals surface area contributed by atoms with Crippen molar-refractivity contribution in [3.8, 4) is 0 Å². The molecule has 0 aliphatic carbocycles. The van der Waals surface area contributed by atoms with Gasteiger partial charge in [0.2, 0.25) is 0 Å². The van der Waals surface area contributed by atoms with Crippen molar-refractivity contribution in [2.45, 2.75) is 5.72 Å². The van der Waals surface area contributed by atoms with Gasteiger partial charge in [0.15, 0.2) is 0 Å². The average molecular weight is 136 g/mol. The van der Waals surface area contributed by atoms with Gasteiger partial charge in [0.1, 0.15) is 0 Å². The summed E-state index contributed by atoms with van der Waals surface area (Å²) in [6.07, 6.45) is 0. The van der Waals surface area contributed by atoms with Gasteiger partial charge in [-0.05, 0) is 0 Å². The highest BCUT2D eigenvalue weighted by molar-refractivity contribution is 7.80. The first-order valence-electron chi connectivity index (χ1n) is 1.84. The predicted octanol–water partition coefficient (Wildman–Crippen LogP) is -0.914. The highest BCUT2D eigenvalue weighted by atomic mass is 32.1. The number of carboxylic acid groups (broad SMARTS) is 1. The molecule has 0 fully saturated rings. The first-order valence-corrected chi connectivity index (χ1v) is 2.47. The molecule has 0 spiro atoms. The lowest BCUT2D eigenvalue weighted by Gasteiger charge is -2.09. The smallest absolute Gasteiger partial charge is 0.355 e. The van der Waals surface area contributed by atoms with Crippen molar-refractivity contribution in [1.82, 2.24) is 0 Å². The molecule has 0 bridgehead atoms. The topological polar surface area (TPSA) is 83.2 Å². The molecule has 1 radical (unpaired) electrons. The molecule has 47 valence electrons. The first kappa shape index (κ1) is 7.74. The van der Waals surface area contributed by atoms with Crippen molar-refractivity contribution in [2.75, 3.05) is 5.75 Å². The van der Waals surface area contributed by atoms with Crippen molar-refractivity contribution >= 4 is 18.6 Å². The lowest BCUT2D eigenvalue weighted by atomic mass is 10.3. The number of thiol groups is 1. The Bertz CT molecular complexity index is 103. The highest BCUT2D eigenvalue weighted by Gasteiger charge is 2.31. The van der Waals surface area contributed by atoms with Crippen LogP contribution in [0.15, 0.2) is 0 Å². The Hall–Kier alpha value is -0.260. The molecule has 8 heavy (non-hydrogen) atoms. The van der Waals surface area contributed by atoms with Gasteiger partial charge >= 0.3 is 5.97 Å². The van der Waals surface area contributed by atoms with Crippen LogP contribution >= 0.6 is 12.6 Å². The lowest BCUT2D eigenvalue weighted by Crippen LogP contribution is -2.48. The van der Waals surface area contributed by atoms with E-state index in [4.69, 9.17) is 5.11 Å². The fraction of sp³-hybridized carbons (Fsp3) is 0.667. The summed E-state index contributed by atoms with van der Waals surface area (Å²) in [5.74, 6) is -1.98. The van der Waals surface area contributed by atoms with E-state index < -0.39 is 17.4 Å². The number of hydrogen-bond donors (Lipinski definition) is 3. The van der Waals surface area contributed by atoms with Crippen LogP contribution in [0.25, 0.3) is 0 Å². The summed E-state index contributed by atoms with van der Waals surface area (Å²) in [5.41, 5.74) is 2.20. The van der Waals surface area contributed by atoms with Gasteiger partial charge in [0.25, 0.3) is 5.72 Å². The molecule has 0 aliphatic rings. The zero-order valence-electron chi connectivity index (χ0n) is 4.00. The minimum Gasteiger partial charge on any atom is -0.478 e. The maximum atomic E-state index is 10.3. The van der Waals surface area contributed by atoms with Gasteiger partial charge in [-0.25, -0.2) is 4.79 Å². The average Bonchev–Trinajstić information content (AvgIpc) is 1.67. The fourth-order valence-electron chi connectivity index (χ4n) is 0.0676.